The van der Waals surface area contributed by atoms with E-state index in [4.69, 9.17) is 5.11 Å². The predicted molar refractivity (Wildman–Crippen MR) is 110 cm³/mol. The van der Waals surface area contributed by atoms with Crippen LogP contribution in [0.25, 0.3) is 0 Å². The summed E-state index contributed by atoms with van der Waals surface area (Å²) in [6, 6.07) is 5.65. The minimum absolute atomic E-state index is 0.154. The number of nitrogens with one attached hydrogen (secondary N) is 2. The van der Waals surface area contributed by atoms with Crippen LogP contribution >= 0.6 is 11.3 Å². The molecule has 0 aliphatic rings. The van der Waals surface area contributed by atoms with E-state index in [1.165, 1.54) is 11.3 Å². The molecule has 1 amide bonds. The maximum atomic E-state index is 12.6. The second-order valence-electron chi connectivity index (χ2n) is 6.58. The Morgan fingerprint density at radius 3 is 2.52 bits per heavy atom. The van der Waals surface area contributed by atoms with Crippen LogP contribution < -0.4 is 10.6 Å². The molecule has 2 rings (SSSR count). The third-order valence-electron chi connectivity index (χ3n) is 4.46. The number of rotatable bonds is 10. The van der Waals surface area contributed by atoms with Crippen molar-refractivity contribution in [3.8, 4) is 0 Å². The monoisotopic (exact) mass is 389 g/mol. The fourth-order valence-electron chi connectivity index (χ4n) is 2.74. The largest absolute Gasteiger partial charge is 0.481 e. The molecule has 0 aliphatic carbocycles. The van der Waals surface area contributed by atoms with E-state index in [9.17, 15) is 9.59 Å². The van der Waals surface area contributed by atoms with E-state index in [1.807, 2.05) is 39.0 Å². The minimum atomic E-state index is -0.734. The first-order valence-electron chi connectivity index (χ1n) is 9.19. The van der Waals surface area contributed by atoms with Gasteiger partial charge in [0.15, 0.2) is 5.13 Å². The third-order valence-corrected chi connectivity index (χ3v) is 5.45. The van der Waals surface area contributed by atoms with Gasteiger partial charge in [-0.1, -0.05) is 18.9 Å². The first-order valence-corrected chi connectivity index (χ1v) is 10.0. The zero-order chi connectivity index (χ0) is 19.8. The van der Waals surface area contributed by atoms with Gasteiger partial charge in [0, 0.05) is 29.1 Å². The summed E-state index contributed by atoms with van der Waals surface area (Å²) in [4.78, 5) is 28.5. The summed E-state index contributed by atoms with van der Waals surface area (Å²) < 4.78 is 0. The average Bonchev–Trinajstić information content (AvgIpc) is 2.92. The molecule has 1 aromatic heterocycles. The van der Waals surface area contributed by atoms with Gasteiger partial charge in [-0.25, -0.2) is 4.98 Å². The molecule has 3 N–H and O–H groups in total. The molecule has 0 saturated heterocycles. The fourth-order valence-corrected chi connectivity index (χ4v) is 3.55. The Morgan fingerprint density at radius 1 is 1.11 bits per heavy atom. The number of hydrogen-bond acceptors (Lipinski definition) is 5. The van der Waals surface area contributed by atoms with Gasteiger partial charge < -0.3 is 10.4 Å². The lowest BCUT2D eigenvalue weighted by Crippen LogP contribution is -2.14. The number of unbranched alkanes of at least 4 members (excludes halogenated alkanes) is 3. The number of benzene rings is 1. The summed E-state index contributed by atoms with van der Waals surface area (Å²) in [5, 5.41) is 15.5. The number of aryl methyl sites for hydroxylation is 2. The molecule has 0 bridgehead atoms. The Kier molecular flexibility index (Phi) is 7.79. The Hall–Kier alpha value is -2.41. The molecule has 0 atom stereocenters. The van der Waals surface area contributed by atoms with Crippen molar-refractivity contribution in [1.29, 1.82) is 0 Å². The highest BCUT2D eigenvalue weighted by Gasteiger charge is 2.14. The molecular formula is C20H27N3O3S. The number of carbonyl (C=O) groups is 2. The second-order valence-corrected chi connectivity index (χ2v) is 7.78. The van der Waals surface area contributed by atoms with Gasteiger partial charge in [0.2, 0.25) is 0 Å². The molecule has 1 aromatic carbocycles. The van der Waals surface area contributed by atoms with Crippen molar-refractivity contribution < 1.29 is 14.7 Å². The summed E-state index contributed by atoms with van der Waals surface area (Å²) in [5.74, 6) is -0.888. The van der Waals surface area contributed by atoms with E-state index >= 15 is 0 Å². The summed E-state index contributed by atoms with van der Waals surface area (Å²) in [6.07, 6.45) is 3.83. The smallest absolute Gasteiger partial charge is 0.303 e. The summed E-state index contributed by atoms with van der Waals surface area (Å²) in [6.45, 7) is 6.64. The second kappa shape index (κ2) is 10.1. The van der Waals surface area contributed by atoms with E-state index < -0.39 is 5.97 Å². The van der Waals surface area contributed by atoms with Crippen LogP contribution in [0.5, 0.6) is 0 Å². The van der Waals surface area contributed by atoms with Crippen LogP contribution in [0, 0.1) is 20.8 Å². The summed E-state index contributed by atoms with van der Waals surface area (Å²) in [5.41, 5.74) is 3.42. The molecule has 1 heterocycles. The average molecular weight is 390 g/mol. The van der Waals surface area contributed by atoms with Crippen molar-refractivity contribution in [2.75, 3.05) is 17.2 Å². The molecule has 0 unspecified atom stereocenters. The van der Waals surface area contributed by atoms with Gasteiger partial charge in [0.05, 0.1) is 5.69 Å². The first kappa shape index (κ1) is 20.9. The van der Waals surface area contributed by atoms with Crippen LogP contribution in [0.3, 0.4) is 0 Å². The Labute approximate surface area is 164 Å². The maximum Gasteiger partial charge on any atom is 0.303 e. The zero-order valence-corrected chi connectivity index (χ0v) is 16.9. The lowest BCUT2D eigenvalue weighted by molar-refractivity contribution is -0.137. The van der Waals surface area contributed by atoms with Crippen LogP contribution in [-0.2, 0) is 4.79 Å². The van der Waals surface area contributed by atoms with Gasteiger partial charge in [0.1, 0.15) is 0 Å². The number of carboxylic acid groups (broad SMARTS) is 1. The molecule has 0 aliphatic heterocycles. The van der Waals surface area contributed by atoms with Crippen molar-refractivity contribution in [2.24, 2.45) is 0 Å². The highest BCUT2D eigenvalue weighted by atomic mass is 32.1. The van der Waals surface area contributed by atoms with Gasteiger partial charge in [-0.3, -0.25) is 14.9 Å². The van der Waals surface area contributed by atoms with Crippen molar-refractivity contribution in [3.63, 3.8) is 0 Å². The molecule has 0 fully saturated rings. The van der Waals surface area contributed by atoms with Gasteiger partial charge in [-0.2, -0.15) is 0 Å². The molecule has 0 saturated carbocycles. The van der Waals surface area contributed by atoms with Crippen LogP contribution in [-0.4, -0.2) is 28.5 Å². The lowest BCUT2D eigenvalue weighted by atomic mass is 10.1. The number of aliphatic carboxylic acids is 1. The minimum Gasteiger partial charge on any atom is -0.481 e. The Bertz CT molecular complexity index is 782. The number of nitrogens with zero attached hydrogens (tertiary/aromatic N) is 1. The number of amides is 1. The number of anilines is 2. The normalized spacial score (nSPS) is 10.6. The van der Waals surface area contributed by atoms with Crippen LogP contribution in [0.2, 0.25) is 0 Å². The molecule has 146 valence electrons. The molecule has 0 spiro atoms. The Balaban J connectivity index is 1.87. The number of carbonyl (C=O) groups excluding carboxylic acids is 1. The quantitative estimate of drug-likeness (QED) is 0.509. The zero-order valence-electron chi connectivity index (χ0n) is 16.1. The first-order chi connectivity index (χ1) is 12.9. The molecule has 6 nitrogen and oxygen atoms in total. The van der Waals surface area contributed by atoms with E-state index in [-0.39, 0.29) is 12.3 Å². The van der Waals surface area contributed by atoms with Gasteiger partial charge in [0.25, 0.3) is 5.91 Å². The van der Waals surface area contributed by atoms with Crippen LogP contribution in [0.15, 0.2) is 18.2 Å². The van der Waals surface area contributed by atoms with Crippen molar-refractivity contribution in [2.45, 2.75) is 52.9 Å². The topological polar surface area (TPSA) is 91.3 Å². The molecule has 2 aromatic rings. The molecule has 27 heavy (non-hydrogen) atoms. The molecule has 0 radical (unpaired) electrons. The van der Waals surface area contributed by atoms with E-state index in [0.717, 1.165) is 54.0 Å². The molecule has 7 heteroatoms. The number of aromatic nitrogens is 1. The van der Waals surface area contributed by atoms with E-state index in [2.05, 4.69) is 15.6 Å². The van der Waals surface area contributed by atoms with Crippen molar-refractivity contribution in [1.82, 2.24) is 4.98 Å². The van der Waals surface area contributed by atoms with E-state index in [0.29, 0.717) is 10.7 Å². The van der Waals surface area contributed by atoms with Gasteiger partial charge in [-0.05, 0) is 51.3 Å². The van der Waals surface area contributed by atoms with Crippen LogP contribution in [0.4, 0.5) is 10.8 Å². The van der Waals surface area contributed by atoms with Gasteiger partial charge >= 0.3 is 5.97 Å². The molecular weight excluding hydrogens is 362 g/mol. The summed E-state index contributed by atoms with van der Waals surface area (Å²) >= 11 is 1.48. The number of hydrogen-bond donors (Lipinski definition) is 3. The SMILES string of the molecule is Cc1nc(NC(=O)c2cccc(NCCCCCCC(=O)O)c2C)sc1C. The maximum absolute atomic E-state index is 12.6. The lowest BCUT2D eigenvalue weighted by Gasteiger charge is -2.13. The van der Waals surface area contributed by atoms with Gasteiger partial charge in [-0.15, -0.1) is 11.3 Å². The van der Waals surface area contributed by atoms with Crippen LogP contribution in [0.1, 0.15) is 58.6 Å². The summed E-state index contributed by atoms with van der Waals surface area (Å²) in [7, 11) is 0. The highest BCUT2D eigenvalue weighted by Crippen LogP contribution is 2.24. The Morgan fingerprint density at radius 2 is 1.85 bits per heavy atom. The number of carboxylic acids is 1. The fraction of sp³-hybridized carbons (Fsp3) is 0.450. The number of thiazole rings is 1. The predicted octanol–water partition coefficient (Wildman–Crippen LogP) is 4.77. The highest BCUT2D eigenvalue weighted by molar-refractivity contribution is 7.15. The third kappa shape index (κ3) is 6.36. The van der Waals surface area contributed by atoms with Crippen molar-refractivity contribution in [3.05, 3.63) is 39.9 Å². The van der Waals surface area contributed by atoms with Crippen molar-refractivity contribution >= 4 is 34.0 Å². The van der Waals surface area contributed by atoms with E-state index in [1.54, 1.807) is 0 Å². The standard InChI is InChI=1S/C20H27N3O3S/c1-13-16(19(26)23-20-22-14(2)15(3)27-20)9-8-10-17(13)21-12-7-5-4-6-11-18(24)25/h8-10,21H,4-7,11-12H2,1-3H3,(H,24,25)(H,22,23,26).